The van der Waals surface area contributed by atoms with E-state index in [-0.39, 0.29) is 0 Å². The van der Waals surface area contributed by atoms with Gasteiger partial charge in [0.15, 0.2) is 5.82 Å². The zero-order chi connectivity index (χ0) is 9.38. The Labute approximate surface area is 89.3 Å². The molecule has 0 radical (unpaired) electrons. The van der Waals surface area contributed by atoms with Gasteiger partial charge in [-0.05, 0) is 11.4 Å². The van der Waals surface area contributed by atoms with Crippen molar-refractivity contribution in [3.05, 3.63) is 17.5 Å². The van der Waals surface area contributed by atoms with Crippen molar-refractivity contribution >= 4 is 23.1 Å². The first kappa shape index (κ1) is 8.31. The molecule has 0 spiro atoms. The van der Waals surface area contributed by atoms with Crippen molar-refractivity contribution in [2.75, 3.05) is 17.7 Å². The molecular formula is C8H8N4S2. The fraction of sp³-hybridized carbons (Fsp3) is 0.250. The van der Waals surface area contributed by atoms with E-state index in [0.717, 1.165) is 28.2 Å². The molecular weight excluding hydrogens is 216 g/mol. The SMILES string of the molecule is c1csc(-c2nnc3n2NCCS3)c1. The number of hydrogen-bond acceptors (Lipinski definition) is 5. The van der Waals surface area contributed by atoms with Crippen LogP contribution in [0.3, 0.4) is 0 Å². The molecule has 0 atom stereocenters. The second-order valence-corrected chi connectivity index (χ2v) is 4.89. The smallest absolute Gasteiger partial charge is 0.210 e. The van der Waals surface area contributed by atoms with Gasteiger partial charge in [-0.2, -0.15) is 0 Å². The maximum absolute atomic E-state index is 4.18. The Morgan fingerprint density at radius 1 is 1.43 bits per heavy atom. The number of thiophene rings is 1. The molecule has 72 valence electrons. The van der Waals surface area contributed by atoms with Gasteiger partial charge in [-0.25, -0.2) is 4.68 Å². The van der Waals surface area contributed by atoms with Crippen molar-refractivity contribution in [3.63, 3.8) is 0 Å². The van der Waals surface area contributed by atoms with Crippen molar-refractivity contribution in [2.24, 2.45) is 0 Å². The molecule has 3 rings (SSSR count). The van der Waals surface area contributed by atoms with Gasteiger partial charge in [0.25, 0.3) is 0 Å². The molecule has 0 saturated heterocycles. The van der Waals surface area contributed by atoms with E-state index in [9.17, 15) is 0 Å². The first-order valence-electron chi connectivity index (χ1n) is 4.31. The first-order valence-corrected chi connectivity index (χ1v) is 6.17. The molecule has 0 aromatic carbocycles. The zero-order valence-corrected chi connectivity index (χ0v) is 8.94. The van der Waals surface area contributed by atoms with Gasteiger partial charge < -0.3 is 5.43 Å². The lowest BCUT2D eigenvalue weighted by Gasteiger charge is -2.15. The number of fused-ring (bicyclic) bond motifs is 1. The standard InChI is InChI=1S/C8H8N4S2/c1-2-6(13-4-1)7-10-11-8-12(7)9-3-5-14-8/h1-2,4,9H,3,5H2. The van der Waals surface area contributed by atoms with E-state index in [4.69, 9.17) is 0 Å². The minimum atomic E-state index is 0.919. The summed E-state index contributed by atoms with van der Waals surface area (Å²) in [4.78, 5) is 1.15. The van der Waals surface area contributed by atoms with E-state index in [1.54, 1.807) is 23.1 Å². The summed E-state index contributed by atoms with van der Waals surface area (Å²) < 4.78 is 1.97. The van der Waals surface area contributed by atoms with Crippen LogP contribution in [0.15, 0.2) is 22.7 Å². The largest absolute Gasteiger partial charge is 0.321 e. The molecule has 0 aliphatic carbocycles. The zero-order valence-electron chi connectivity index (χ0n) is 7.30. The van der Waals surface area contributed by atoms with Crippen LogP contribution in [0.2, 0.25) is 0 Å². The first-order chi connectivity index (χ1) is 6.95. The highest BCUT2D eigenvalue weighted by Gasteiger charge is 2.17. The average Bonchev–Trinajstić information content (AvgIpc) is 2.85. The Hall–Kier alpha value is -1.01. The Bertz CT molecular complexity index is 434. The van der Waals surface area contributed by atoms with E-state index in [2.05, 4.69) is 21.7 Å². The highest BCUT2D eigenvalue weighted by atomic mass is 32.2. The van der Waals surface area contributed by atoms with Gasteiger partial charge in [-0.15, -0.1) is 21.5 Å². The van der Waals surface area contributed by atoms with Crippen LogP contribution in [-0.4, -0.2) is 27.2 Å². The van der Waals surface area contributed by atoms with Gasteiger partial charge in [-0.3, -0.25) is 0 Å². The molecule has 14 heavy (non-hydrogen) atoms. The molecule has 1 aliphatic heterocycles. The van der Waals surface area contributed by atoms with Crippen molar-refractivity contribution in [3.8, 4) is 10.7 Å². The lowest BCUT2D eigenvalue weighted by Crippen LogP contribution is -2.23. The van der Waals surface area contributed by atoms with Crippen LogP contribution in [0.4, 0.5) is 0 Å². The third-order valence-corrected chi connectivity index (χ3v) is 3.77. The lowest BCUT2D eigenvalue weighted by molar-refractivity contribution is 0.756. The van der Waals surface area contributed by atoms with Crippen LogP contribution < -0.4 is 5.43 Å². The highest BCUT2D eigenvalue weighted by Crippen LogP contribution is 2.27. The molecule has 1 aliphatic rings. The lowest BCUT2D eigenvalue weighted by atomic mass is 10.4. The topological polar surface area (TPSA) is 42.7 Å². The van der Waals surface area contributed by atoms with Gasteiger partial charge in [-0.1, -0.05) is 17.8 Å². The van der Waals surface area contributed by atoms with Gasteiger partial charge in [0, 0.05) is 12.3 Å². The molecule has 0 amide bonds. The molecule has 2 aromatic heterocycles. The molecule has 0 unspecified atom stereocenters. The second-order valence-electron chi connectivity index (χ2n) is 2.88. The summed E-state index contributed by atoms with van der Waals surface area (Å²) in [6.07, 6.45) is 0. The average molecular weight is 224 g/mol. The Morgan fingerprint density at radius 3 is 3.29 bits per heavy atom. The monoisotopic (exact) mass is 224 g/mol. The van der Waals surface area contributed by atoms with Crippen molar-refractivity contribution in [2.45, 2.75) is 5.16 Å². The van der Waals surface area contributed by atoms with E-state index in [1.807, 2.05) is 16.1 Å². The maximum Gasteiger partial charge on any atom is 0.210 e. The number of thioether (sulfide) groups is 1. The van der Waals surface area contributed by atoms with Gasteiger partial charge in [0.05, 0.1) is 4.88 Å². The molecule has 0 fully saturated rings. The van der Waals surface area contributed by atoms with E-state index in [1.165, 1.54) is 0 Å². The third kappa shape index (κ3) is 1.22. The van der Waals surface area contributed by atoms with E-state index in [0.29, 0.717) is 0 Å². The fourth-order valence-corrected chi connectivity index (χ4v) is 2.82. The van der Waals surface area contributed by atoms with Crippen LogP contribution in [0.1, 0.15) is 0 Å². The van der Waals surface area contributed by atoms with E-state index < -0.39 is 0 Å². The number of rotatable bonds is 1. The summed E-state index contributed by atoms with van der Waals surface area (Å²) in [5.41, 5.74) is 3.28. The molecule has 0 saturated carbocycles. The number of nitrogens with one attached hydrogen (secondary N) is 1. The maximum atomic E-state index is 4.18. The minimum absolute atomic E-state index is 0.919. The molecule has 1 N–H and O–H groups in total. The van der Waals surface area contributed by atoms with Crippen molar-refractivity contribution in [1.29, 1.82) is 0 Å². The summed E-state index contributed by atoms with van der Waals surface area (Å²) in [5.74, 6) is 1.98. The Kier molecular flexibility index (Phi) is 1.95. The fourth-order valence-electron chi connectivity index (χ4n) is 1.37. The number of hydrogen-bond donors (Lipinski definition) is 1. The minimum Gasteiger partial charge on any atom is -0.321 e. The van der Waals surface area contributed by atoms with Gasteiger partial charge in [0.1, 0.15) is 0 Å². The van der Waals surface area contributed by atoms with Crippen LogP contribution in [0.5, 0.6) is 0 Å². The van der Waals surface area contributed by atoms with Crippen LogP contribution >= 0.6 is 23.1 Å². The number of aromatic nitrogens is 3. The quantitative estimate of drug-likeness (QED) is 0.800. The Balaban J connectivity index is 2.11. The predicted octanol–water partition coefficient (Wildman–Crippen LogP) is 1.66. The summed E-state index contributed by atoms with van der Waals surface area (Å²) in [7, 11) is 0. The van der Waals surface area contributed by atoms with Crippen LogP contribution in [0.25, 0.3) is 10.7 Å². The molecule has 0 bridgehead atoms. The molecule has 2 aromatic rings. The third-order valence-electron chi connectivity index (χ3n) is 1.98. The normalized spacial score (nSPS) is 14.9. The summed E-state index contributed by atoms with van der Waals surface area (Å²) in [5, 5.41) is 11.3. The molecule has 6 heteroatoms. The van der Waals surface area contributed by atoms with Crippen molar-refractivity contribution in [1.82, 2.24) is 14.9 Å². The predicted molar refractivity (Wildman–Crippen MR) is 58.3 cm³/mol. The summed E-state index contributed by atoms with van der Waals surface area (Å²) in [6.45, 7) is 0.966. The second kappa shape index (κ2) is 3.29. The summed E-state index contributed by atoms with van der Waals surface area (Å²) >= 11 is 3.42. The van der Waals surface area contributed by atoms with Gasteiger partial charge in [0.2, 0.25) is 5.16 Å². The van der Waals surface area contributed by atoms with Gasteiger partial charge >= 0.3 is 0 Å². The van der Waals surface area contributed by atoms with Crippen LogP contribution in [0, 0.1) is 0 Å². The summed E-state index contributed by atoms with van der Waals surface area (Å²) in [6, 6.07) is 4.08. The highest BCUT2D eigenvalue weighted by molar-refractivity contribution is 7.99. The molecule has 4 nitrogen and oxygen atoms in total. The van der Waals surface area contributed by atoms with E-state index >= 15 is 0 Å². The van der Waals surface area contributed by atoms with Crippen molar-refractivity contribution < 1.29 is 0 Å². The molecule has 3 heterocycles. The Morgan fingerprint density at radius 2 is 2.43 bits per heavy atom. The number of nitrogens with zero attached hydrogens (tertiary/aromatic N) is 3. The van der Waals surface area contributed by atoms with Crippen LogP contribution in [-0.2, 0) is 0 Å².